The van der Waals surface area contributed by atoms with Crippen LogP contribution in [0.5, 0.6) is 0 Å². The molecule has 0 aromatic rings. The second kappa shape index (κ2) is 5.12. The molecule has 0 aromatic carbocycles. The number of hydrogen-bond acceptors (Lipinski definition) is 2. The van der Waals surface area contributed by atoms with E-state index in [9.17, 15) is 14.7 Å². The molecule has 0 aromatic heterocycles. The molecule has 0 radical (unpaired) electrons. The topological polar surface area (TPSA) is 54.4 Å². The Kier molecular flexibility index (Phi) is 3.85. The molecule has 0 saturated heterocycles. The summed E-state index contributed by atoms with van der Waals surface area (Å²) in [4.78, 5) is 24.5. The van der Waals surface area contributed by atoms with Gasteiger partial charge in [-0.2, -0.15) is 0 Å². The summed E-state index contributed by atoms with van der Waals surface area (Å²) in [6.07, 6.45) is 7.96. The fourth-order valence-corrected chi connectivity index (χ4v) is 4.47. The Morgan fingerprint density at radius 2 is 2.05 bits per heavy atom. The Morgan fingerprint density at radius 3 is 2.50 bits per heavy atom. The molecule has 0 spiro atoms. The van der Waals surface area contributed by atoms with Gasteiger partial charge >= 0.3 is 5.97 Å². The van der Waals surface area contributed by atoms with E-state index in [0.29, 0.717) is 12.0 Å². The van der Waals surface area contributed by atoms with Crippen molar-refractivity contribution in [1.82, 2.24) is 0 Å². The molecule has 1 fully saturated rings. The van der Waals surface area contributed by atoms with Gasteiger partial charge in [-0.1, -0.05) is 31.1 Å². The molecule has 2 aliphatic carbocycles. The van der Waals surface area contributed by atoms with Crippen LogP contribution in [0.3, 0.4) is 0 Å². The lowest BCUT2D eigenvalue weighted by Gasteiger charge is -2.24. The van der Waals surface area contributed by atoms with E-state index in [0.717, 1.165) is 11.1 Å². The average Bonchev–Trinajstić information content (AvgIpc) is 2.73. The molecule has 3 unspecified atom stereocenters. The number of aliphatic carboxylic acids is 1. The van der Waals surface area contributed by atoms with Crippen LogP contribution < -0.4 is 0 Å². The molecule has 22 heavy (non-hydrogen) atoms. The number of carboxylic acids is 1. The highest BCUT2D eigenvalue weighted by Gasteiger charge is 2.78. The summed E-state index contributed by atoms with van der Waals surface area (Å²) < 4.78 is 0. The summed E-state index contributed by atoms with van der Waals surface area (Å²) in [7, 11) is 0. The van der Waals surface area contributed by atoms with Gasteiger partial charge in [-0.3, -0.25) is 9.59 Å². The number of carbonyl (C=O) groups excluding carboxylic acids is 1. The van der Waals surface area contributed by atoms with E-state index in [1.165, 1.54) is 0 Å². The highest BCUT2D eigenvalue weighted by molar-refractivity contribution is 6.01. The Hall–Kier alpha value is -1.82. The summed E-state index contributed by atoms with van der Waals surface area (Å²) in [6, 6.07) is 0. The van der Waals surface area contributed by atoms with Crippen molar-refractivity contribution in [3.63, 3.8) is 0 Å². The normalized spacial score (nSPS) is 32.6. The zero-order valence-corrected chi connectivity index (χ0v) is 14.0. The van der Waals surface area contributed by atoms with Crippen LogP contribution in [-0.4, -0.2) is 16.9 Å². The van der Waals surface area contributed by atoms with Crippen molar-refractivity contribution < 1.29 is 14.7 Å². The fraction of sp³-hybridized carbons (Fsp3) is 0.579. The van der Waals surface area contributed by atoms with Crippen molar-refractivity contribution in [3.8, 4) is 12.3 Å². The Labute approximate surface area is 132 Å². The standard InChI is InChI=1S/C19H24O3/c1-7-8-13-12(4)14(10-15(13)20)19(17(21)22)16(9-11(2)3)18(19,5)6/h1,9,14,16H,8,10H2,2-6H3,(H,21,22). The minimum Gasteiger partial charge on any atom is -0.481 e. The van der Waals surface area contributed by atoms with E-state index in [2.05, 4.69) is 5.92 Å². The van der Waals surface area contributed by atoms with Gasteiger partial charge in [0.15, 0.2) is 5.78 Å². The van der Waals surface area contributed by atoms with Crippen LogP contribution in [0.15, 0.2) is 22.8 Å². The minimum absolute atomic E-state index is 0.0136. The second-order valence-electron chi connectivity index (χ2n) is 7.34. The van der Waals surface area contributed by atoms with Gasteiger partial charge in [-0.15, -0.1) is 12.3 Å². The molecule has 1 N–H and O–H groups in total. The largest absolute Gasteiger partial charge is 0.481 e. The van der Waals surface area contributed by atoms with E-state index in [-0.39, 0.29) is 29.5 Å². The first kappa shape index (κ1) is 16.5. The van der Waals surface area contributed by atoms with E-state index >= 15 is 0 Å². The van der Waals surface area contributed by atoms with Gasteiger partial charge in [0.25, 0.3) is 0 Å². The molecular weight excluding hydrogens is 276 g/mol. The number of carboxylic acid groups (broad SMARTS) is 1. The summed E-state index contributed by atoms with van der Waals surface area (Å²) >= 11 is 0. The summed E-state index contributed by atoms with van der Waals surface area (Å²) in [5.41, 5.74) is 1.36. The molecule has 2 rings (SSSR count). The van der Waals surface area contributed by atoms with Crippen LogP contribution in [0.2, 0.25) is 0 Å². The van der Waals surface area contributed by atoms with Crippen LogP contribution in [0.4, 0.5) is 0 Å². The van der Waals surface area contributed by atoms with Gasteiger partial charge in [0.1, 0.15) is 0 Å². The monoisotopic (exact) mass is 300 g/mol. The average molecular weight is 300 g/mol. The molecule has 3 heteroatoms. The first-order valence-electron chi connectivity index (χ1n) is 7.67. The lowest BCUT2D eigenvalue weighted by Crippen LogP contribution is -2.31. The van der Waals surface area contributed by atoms with Crippen molar-refractivity contribution in [2.75, 3.05) is 0 Å². The van der Waals surface area contributed by atoms with E-state index in [1.54, 1.807) is 0 Å². The predicted molar refractivity (Wildman–Crippen MR) is 86.0 cm³/mol. The van der Waals surface area contributed by atoms with Crippen molar-refractivity contribution in [3.05, 3.63) is 22.8 Å². The summed E-state index contributed by atoms with van der Waals surface area (Å²) in [5, 5.41) is 10.00. The number of allylic oxidation sites excluding steroid dienone is 4. The number of ketones is 1. The van der Waals surface area contributed by atoms with Gasteiger partial charge in [-0.25, -0.2) is 0 Å². The molecular formula is C19H24O3. The molecule has 0 heterocycles. The zero-order chi connectivity index (χ0) is 16.9. The fourth-order valence-electron chi connectivity index (χ4n) is 4.47. The van der Waals surface area contributed by atoms with E-state index in [4.69, 9.17) is 6.42 Å². The van der Waals surface area contributed by atoms with Crippen LogP contribution >= 0.6 is 0 Å². The van der Waals surface area contributed by atoms with Crippen LogP contribution in [-0.2, 0) is 9.59 Å². The maximum Gasteiger partial charge on any atom is 0.311 e. The van der Waals surface area contributed by atoms with Gasteiger partial charge in [0.05, 0.1) is 5.41 Å². The van der Waals surface area contributed by atoms with E-state index in [1.807, 2.05) is 40.7 Å². The highest BCUT2D eigenvalue weighted by Crippen LogP contribution is 2.75. The third kappa shape index (κ3) is 1.97. The van der Waals surface area contributed by atoms with Gasteiger partial charge in [0, 0.05) is 30.3 Å². The Balaban J connectivity index is 2.53. The molecule has 1 saturated carbocycles. The number of rotatable bonds is 4. The second-order valence-corrected chi connectivity index (χ2v) is 7.34. The molecule has 2 aliphatic rings. The minimum atomic E-state index is -0.902. The van der Waals surface area contributed by atoms with Gasteiger partial charge in [0.2, 0.25) is 0 Å². The zero-order valence-electron chi connectivity index (χ0n) is 14.0. The molecule has 3 atom stereocenters. The number of terminal acetylenes is 1. The Morgan fingerprint density at radius 1 is 1.45 bits per heavy atom. The summed E-state index contributed by atoms with van der Waals surface area (Å²) in [5.74, 6) is 1.42. The highest BCUT2D eigenvalue weighted by atomic mass is 16.4. The van der Waals surface area contributed by atoms with Crippen molar-refractivity contribution in [2.24, 2.45) is 22.7 Å². The molecule has 0 aliphatic heterocycles. The van der Waals surface area contributed by atoms with Crippen molar-refractivity contribution in [1.29, 1.82) is 0 Å². The first-order valence-corrected chi connectivity index (χ1v) is 7.67. The number of Topliss-reactive ketones (excluding diaryl/α,β-unsaturated/α-hetero) is 1. The lowest BCUT2D eigenvalue weighted by atomic mass is 9.78. The third-order valence-electron chi connectivity index (χ3n) is 5.66. The van der Waals surface area contributed by atoms with Gasteiger partial charge < -0.3 is 5.11 Å². The van der Waals surface area contributed by atoms with Crippen LogP contribution in [0.1, 0.15) is 47.5 Å². The van der Waals surface area contributed by atoms with Crippen molar-refractivity contribution in [2.45, 2.75) is 47.5 Å². The maximum atomic E-state index is 12.3. The molecule has 3 nitrogen and oxygen atoms in total. The van der Waals surface area contributed by atoms with Crippen LogP contribution in [0, 0.1) is 35.0 Å². The third-order valence-corrected chi connectivity index (χ3v) is 5.66. The number of hydrogen-bond donors (Lipinski definition) is 1. The Bertz CT molecular complexity index is 638. The van der Waals surface area contributed by atoms with E-state index < -0.39 is 11.4 Å². The van der Waals surface area contributed by atoms with Crippen LogP contribution in [0.25, 0.3) is 0 Å². The molecule has 0 bridgehead atoms. The predicted octanol–water partition coefficient (Wildman–Crippen LogP) is 3.61. The number of carbonyl (C=O) groups is 2. The molecule has 0 amide bonds. The van der Waals surface area contributed by atoms with Crippen molar-refractivity contribution >= 4 is 11.8 Å². The molecule has 118 valence electrons. The smallest absolute Gasteiger partial charge is 0.311 e. The lowest BCUT2D eigenvalue weighted by molar-refractivity contribution is -0.147. The van der Waals surface area contributed by atoms with Gasteiger partial charge in [-0.05, 0) is 26.2 Å². The summed E-state index contributed by atoms with van der Waals surface area (Å²) in [6.45, 7) is 9.81. The quantitative estimate of drug-likeness (QED) is 0.637. The maximum absolute atomic E-state index is 12.3. The SMILES string of the molecule is C#CCC1=C(C)C(C2(C(=O)O)C(C=C(C)C)C2(C)C)CC1=O. The first-order chi connectivity index (χ1) is 10.1.